The number of Topliss-reactive ketones (excluding diaryl/α,β-unsaturated/α-hetero) is 1. The highest BCUT2D eigenvalue weighted by Gasteiger charge is 2.25. The van der Waals surface area contributed by atoms with E-state index in [1.54, 1.807) is 32.9 Å². The van der Waals surface area contributed by atoms with Crippen LogP contribution in [-0.4, -0.2) is 17.8 Å². The third-order valence-corrected chi connectivity index (χ3v) is 2.68. The summed E-state index contributed by atoms with van der Waals surface area (Å²) in [6.45, 7) is 5.39. The Morgan fingerprint density at radius 1 is 1.39 bits per heavy atom. The molecule has 1 aromatic carbocycles. The molecule has 5 heteroatoms. The maximum absolute atomic E-state index is 11.9. The molecule has 0 aromatic heterocycles. The summed E-state index contributed by atoms with van der Waals surface area (Å²) in [6.07, 6.45) is 0.0593. The van der Waals surface area contributed by atoms with Crippen LogP contribution in [-0.2, 0) is 11.2 Å². The number of ketones is 1. The number of carbonyl (C=O) groups excluding carboxylic acids is 1. The number of hydrogen-bond acceptors (Lipinski definition) is 4. The first-order chi connectivity index (χ1) is 8.25. The number of ether oxygens (including phenoxy) is 1. The molecule has 98 valence electrons. The van der Waals surface area contributed by atoms with E-state index >= 15 is 0 Å². The zero-order valence-corrected chi connectivity index (χ0v) is 11.0. The molecule has 0 spiro atoms. The smallest absolute Gasteiger partial charge is 0.276 e. The van der Waals surface area contributed by atoms with Gasteiger partial charge in [0.05, 0.1) is 18.1 Å². The molecular formula is C13H17NO4. The van der Waals surface area contributed by atoms with Crippen molar-refractivity contribution in [2.75, 3.05) is 7.11 Å². The van der Waals surface area contributed by atoms with Gasteiger partial charge in [-0.15, -0.1) is 0 Å². The average molecular weight is 251 g/mol. The van der Waals surface area contributed by atoms with Crippen molar-refractivity contribution in [2.45, 2.75) is 27.2 Å². The van der Waals surface area contributed by atoms with Gasteiger partial charge in [-0.3, -0.25) is 14.9 Å². The van der Waals surface area contributed by atoms with Gasteiger partial charge >= 0.3 is 0 Å². The molecule has 0 fully saturated rings. The van der Waals surface area contributed by atoms with Crippen molar-refractivity contribution < 1.29 is 14.5 Å². The summed E-state index contributed by atoms with van der Waals surface area (Å²) in [6, 6.07) is 4.53. The second-order valence-corrected chi connectivity index (χ2v) is 5.10. The van der Waals surface area contributed by atoms with E-state index in [1.165, 1.54) is 13.2 Å². The molecule has 18 heavy (non-hydrogen) atoms. The van der Waals surface area contributed by atoms with Crippen molar-refractivity contribution in [2.24, 2.45) is 5.41 Å². The van der Waals surface area contributed by atoms with Crippen LogP contribution < -0.4 is 4.74 Å². The van der Waals surface area contributed by atoms with Crippen molar-refractivity contribution >= 4 is 11.5 Å². The number of hydrogen-bond donors (Lipinski definition) is 0. The fraction of sp³-hybridized carbons (Fsp3) is 0.462. The van der Waals surface area contributed by atoms with E-state index in [0.29, 0.717) is 11.3 Å². The van der Waals surface area contributed by atoms with E-state index < -0.39 is 10.3 Å². The van der Waals surface area contributed by atoms with Crippen LogP contribution in [0.15, 0.2) is 18.2 Å². The topological polar surface area (TPSA) is 69.4 Å². The van der Waals surface area contributed by atoms with Crippen molar-refractivity contribution in [3.8, 4) is 5.75 Å². The van der Waals surface area contributed by atoms with Gasteiger partial charge in [0.15, 0.2) is 0 Å². The largest absolute Gasteiger partial charge is 0.497 e. The third kappa shape index (κ3) is 3.29. The molecule has 1 rings (SSSR count). The molecule has 1 aromatic rings. The number of nitro groups is 1. The lowest BCUT2D eigenvalue weighted by Gasteiger charge is -2.16. The Kier molecular flexibility index (Phi) is 4.06. The number of carbonyl (C=O) groups is 1. The standard InChI is InChI=1S/C13H17NO4/c1-13(2,3)12(15)7-9-5-6-10(18-4)8-11(9)14(16)17/h5-6,8H,7H2,1-4H3. The van der Waals surface area contributed by atoms with Gasteiger partial charge in [0, 0.05) is 17.4 Å². The Hall–Kier alpha value is -1.91. The van der Waals surface area contributed by atoms with Crippen LogP contribution in [0.4, 0.5) is 5.69 Å². The molecule has 0 saturated heterocycles. The fourth-order valence-electron chi connectivity index (χ4n) is 1.43. The molecule has 0 saturated carbocycles. The molecule has 0 N–H and O–H groups in total. The van der Waals surface area contributed by atoms with E-state index in [0.717, 1.165) is 0 Å². The van der Waals surface area contributed by atoms with E-state index in [-0.39, 0.29) is 17.9 Å². The Labute approximate surface area is 106 Å². The van der Waals surface area contributed by atoms with Gasteiger partial charge in [-0.25, -0.2) is 0 Å². The minimum atomic E-state index is -0.506. The molecule has 0 aliphatic rings. The summed E-state index contributed by atoms with van der Waals surface area (Å²) in [5, 5.41) is 11.0. The highest BCUT2D eigenvalue weighted by atomic mass is 16.6. The highest BCUT2D eigenvalue weighted by molar-refractivity contribution is 5.86. The van der Waals surface area contributed by atoms with E-state index in [9.17, 15) is 14.9 Å². The summed E-state index contributed by atoms with van der Waals surface area (Å²) < 4.78 is 4.94. The molecule has 5 nitrogen and oxygen atoms in total. The number of benzene rings is 1. The van der Waals surface area contributed by atoms with Gasteiger partial charge in [-0.1, -0.05) is 20.8 Å². The zero-order valence-electron chi connectivity index (χ0n) is 11.0. The second-order valence-electron chi connectivity index (χ2n) is 5.10. The highest BCUT2D eigenvalue weighted by Crippen LogP contribution is 2.27. The number of nitro benzene ring substituents is 1. The lowest BCUT2D eigenvalue weighted by Crippen LogP contribution is -2.22. The molecule has 0 aliphatic heterocycles. The summed E-state index contributed by atoms with van der Waals surface area (Å²) in [5.41, 5.74) is -0.166. The van der Waals surface area contributed by atoms with Crippen molar-refractivity contribution in [3.05, 3.63) is 33.9 Å². The minimum Gasteiger partial charge on any atom is -0.497 e. The molecule has 0 heterocycles. The third-order valence-electron chi connectivity index (χ3n) is 2.68. The molecule has 0 atom stereocenters. The van der Waals surface area contributed by atoms with Gasteiger partial charge in [0.2, 0.25) is 0 Å². The molecular weight excluding hydrogens is 234 g/mol. The van der Waals surface area contributed by atoms with Crippen LogP contribution in [0.25, 0.3) is 0 Å². The van der Waals surface area contributed by atoms with E-state index in [1.807, 2.05) is 0 Å². The predicted octanol–water partition coefficient (Wildman–Crippen LogP) is 2.76. The number of nitrogens with zero attached hydrogens (tertiary/aromatic N) is 1. The first kappa shape index (κ1) is 14.2. The number of rotatable bonds is 4. The van der Waals surface area contributed by atoms with Crippen LogP contribution in [0.3, 0.4) is 0 Å². The fourth-order valence-corrected chi connectivity index (χ4v) is 1.43. The number of methoxy groups -OCH3 is 1. The zero-order chi connectivity index (χ0) is 13.9. The summed E-state index contributed by atoms with van der Waals surface area (Å²) in [5.74, 6) is 0.379. The predicted molar refractivity (Wildman–Crippen MR) is 67.8 cm³/mol. The lowest BCUT2D eigenvalue weighted by molar-refractivity contribution is -0.385. The molecule has 0 amide bonds. The maximum Gasteiger partial charge on any atom is 0.276 e. The molecule has 0 unspecified atom stereocenters. The van der Waals surface area contributed by atoms with Gasteiger partial charge in [0.25, 0.3) is 5.69 Å². The minimum absolute atomic E-state index is 0.0317. The Morgan fingerprint density at radius 2 is 2.00 bits per heavy atom. The van der Waals surface area contributed by atoms with Crippen LogP contribution in [0.2, 0.25) is 0 Å². The van der Waals surface area contributed by atoms with E-state index in [2.05, 4.69) is 0 Å². The van der Waals surface area contributed by atoms with Crippen molar-refractivity contribution in [3.63, 3.8) is 0 Å². The lowest BCUT2D eigenvalue weighted by atomic mass is 9.87. The van der Waals surface area contributed by atoms with Crippen molar-refractivity contribution in [1.29, 1.82) is 0 Å². The first-order valence-electron chi connectivity index (χ1n) is 5.60. The van der Waals surface area contributed by atoms with Crippen molar-refractivity contribution in [1.82, 2.24) is 0 Å². The monoisotopic (exact) mass is 251 g/mol. The summed E-state index contributed by atoms with van der Waals surface area (Å²) >= 11 is 0. The van der Waals surface area contributed by atoms with Gasteiger partial charge in [-0.05, 0) is 12.1 Å². The normalized spacial score (nSPS) is 11.1. The average Bonchev–Trinajstić information content (AvgIpc) is 2.27. The maximum atomic E-state index is 11.9. The first-order valence-corrected chi connectivity index (χ1v) is 5.60. The summed E-state index contributed by atoms with van der Waals surface area (Å²) in [7, 11) is 1.44. The Balaban J connectivity index is 3.09. The van der Waals surface area contributed by atoms with Gasteiger partial charge in [-0.2, -0.15) is 0 Å². The molecule has 0 bridgehead atoms. The molecule has 0 aliphatic carbocycles. The van der Waals surface area contributed by atoms with Crippen LogP contribution in [0.5, 0.6) is 5.75 Å². The van der Waals surface area contributed by atoms with Gasteiger partial charge < -0.3 is 4.74 Å². The van der Waals surface area contributed by atoms with Crippen LogP contribution >= 0.6 is 0 Å². The van der Waals surface area contributed by atoms with Gasteiger partial charge in [0.1, 0.15) is 11.5 Å². The second kappa shape index (κ2) is 5.16. The Morgan fingerprint density at radius 3 is 2.44 bits per heavy atom. The summed E-state index contributed by atoms with van der Waals surface area (Å²) in [4.78, 5) is 22.4. The Bertz CT molecular complexity index is 474. The van der Waals surface area contributed by atoms with Crippen LogP contribution in [0.1, 0.15) is 26.3 Å². The quantitative estimate of drug-likeness (QED) is 0.609. The SMILES string of the molecule is COc1ccc(CC(=O)C(C)(C)C)c([N+](=O)[O-])c1. The molecule has 0 radical (unpaired) electrons. The van der Waals surface area contributed by atoms with Crippen LogP contribution in [0, 0.1) is 15.5 Å². The van der Waals surface area contributed by atoms with E-state index in [4.69, 9.17) is 4.74 Å².